The molecule has 0 saturated heterocycles. The first-order valence-corrected chi connectivity index (χ1v) is 21.4. The van der Waals surface area contributed by atoms with E-state index in [1.807, 2.05) is 0 Å². The summed E-state index contributed by atoms with van der Waals surface area (Å²) in [4.78, 5) is 18.3. The Bertz CT molecular complexity index is 2070. The monoisotopic (exact) mass is 731 g/mol. The minimum atomic E-state index is -4.25. The van der Waals surface area contributed by atoms with E-state index in [2.05, 4.69) is 30.4 Å². The zero-order chi connectivity index (χ0) is 37.6. The summed E-state index contributed by atoms with van der Waals surface area (Å²) in [6.45, 7) is 16.5. The van der Waals surface area contributed by atoms with Gasteiger partial charge >= 0.3 is 12.7 Å². The first-order chi connectivity index (χ1) is 22.9. The molecule has 1 unspecified atom stereocenters. The van der Waals surface area contributed by atoms with Crippen LogP contribution in [0.1, 0.15) is 71.0 Å². The fourth-order valence-electron chi connectivity index (χ4n) is 5.54. The van der Waals surface area contributed by atoms with Crippen molar-refractivity contribution in [1.82, 2.24) is 18.8 Å². The molecule has 4 rings (SSSR count). The van der Waals surface area contributed by atoms with Crippen LogP contribution < -0.4 is 9.46 Å². The number of aryl methyl sites for hydroxylation is 1. The number of rotatable bonds is 11. The van der Waals surface area contributed by atoms with Crippen molar-refractivity contribution in [3.8, 4) is 11.8 Å². The van der Waals surface area contributed by atoms with E-state index < -0.39 is 46.7 Å². The van der Waals surface area contributed by atoms with Gasteiger partial charge in [0.05, 0.1) is 32.9 Å². The maximum Gasteiger partial charge on any atom is 0.419 e. The number of nitrogens with one attached hydrogen (secondary N) is 1. The second kappa shape index (κ2) is 13.7. The number of fused-ring (bicyclic) bond motifs is 2. The number of ether oxygens (including phenoxy) is 3. The van der Waals surface area contributed by atoms with Gasteiger partial charge in [-0.1, -0.05) is 19.6 Å². The molecule has 2 aromatic carbocycles. The smallest absolute Gasteiger partial charge is 0.419 e. The fourth-order valence-corrected chi connectivity index (χ4v) is 7.34. The molecule has 0 aliphatic rings. The molecule has 1 atom stereocenters. The molecule has 4 aromatic rings. The van der Waals surface area contributed by atoms with Crippen molar-refractivity contribution in [2.45, 2.75) is 110 Å². The molecule has 0 aliphatic carbocycles. The van der Waals surface area contributed by atoms with E-state index in [1.165, 1.54) is 50.6 Å². The van der Waals surface area contributed by atoms with Crippen LogP contribution in [0, 0.1) is 18.3 Å². The third-order valence-corrected chi connectivity index (χ3v) is 12.1. The highest BCUT2D eigenvalue weighted by molar-refractivity contribution is 7.90. The van der Waals surface area contributed by atoms with Crippen LogP contribution in [0.3, 0.4) is 0 Å². The number of sulfonamides is 1. The molecule has 0 saturated carbocycles. The van der Waals surface area contributed by atoms with Crippen LogP contribution in [0.2, 0.25) is 25.7 Å². The third kappa shape index (κ3) is 8.20. The van der Waals surface area contributed by atoms with Crippen molar-refractivity contribution in [2.75, 3.05) is 6.61 Å². The number of imidazole rings is 1. The van der Waals surface area contributed by atoms with E-state index in [4.69, 9.17) is 19.2 Å². The Morgan fingerprint density at radius 2 is 1.74 bits per heavy atom. The van der Waals surface area contributed by atoms with Gasteiger partial charge in [-0.2, -0.15) is 18.8 Å². The third-order valence-electron chi connectivity index (χ3n) is 8.12. The highest BCUT2D eigenvalue weighted by Crippen LogP contribution is 2.44. The van der Waals surface area contributed by atoms with Gasteiger partial charge in [-0.25, -0.2) is 18.2 Å². The summed E-state index contributed by atoms with van der Waals surface area (Å²) in [6, 6.07) is 10.7. The molecular formula is C35H47F2N5O6SSi. The van der Waals surface area contributed by atoms with Crippen LogP contribution in [0.15, 0.2) is 36.5 Å². The van der Waals surface area contributed by atoms with E-state index in [1.54, 1.807) is 50.5 Å². The maximum absolute atomic E-state index is 14.2. The number of carbonyl (C=O) groups is 1. The fraction of sp³-hybridized carbons (Fsp3) is 0.514. The molecule has 272 valence electrons. The summed E-state index contributed by atoms with van der Waals surface area (Å²) >= 11 is 0. The van der Waals surface area contributed by atoms with Crippen molar-refractivity contribution < 1.29 is 36.2 Å². The highest BCUT2D eigenvalue weighted by atomic mass is 32.2. The van der Waals surface area contributed by atoms with Crippen LogP contribution in [-0.4, -0.2) is 60.3 Å². The standard InChI is InChI=1S/C35H47F2N5O6SSi/c1-22-18-27(47-31(36)37)28(24-14-15-41(29(22)24)32(43)48-33(2,3)4)35(8,40-49(44,45)34(5,6)7)30-39-25-13-12-23(20-38)19-26(25)42(30)21-46-16-17-50(9,10)11/h12-15,18-19,31,40H,16-17,21H2,1-11H3. The first-order valence-electron chi connectivity index (χ1n) is 16.2. The number of carbonyl (C=O) groups excluding carboxylic acids is 1. The largest absolute Gasteiger partial charge is 0.443 e. The van der Waals surface area contributed by atoms with Crippen molar-refractivity contribution in [1.29, 1.82) is 5.26 Å². The number of alkyl halides is 2. The molecule has 0 amide bonds. The summed E-state index contributed by atoms with van der Waals surface area (Å²) < 4.78 is 78.0. The number of hydrogen-bond acceptors (Lipinski definition) is 8. The van der Waals surface area contributed by atoms with E-state index in [-0.39, 0.29) is 29.3 Å². The quantitative estimate of drug-likeness (QED) is 0.122. The zero-order valence-electron chi connectivity index (χ0n) is 30.6. The zero-order valence-corrected chi connectivity index (χ0v) is 32.4. The molecule has 11 nitrogen and oxygen atoms in total. The lowest BCUT2D eigenvalue weighted by Crippen LogP contribution is -2.52. The summed E-state index contributed by atoms with van der Waals surface area (Å²) in [5.41, 5.74) is -0.847. The lowest BCUT2D eigenvalue weighted by atomic mass is 9.87. The Labute approximate surface area is 293 Å². The highest BCUT2D eigenvalue weighted by Gasteiger charge is 2.46. The number of nitrogens with zero attached hydrogens (tertiary/aromatic N) is 4. The van der Waals surface area contributed by atoms with Crippen molar-refractivity contribution >= 4 is 46.1 Å². The van der Waals surface area contributed by atoms with E-state index in [0.29, 0.717) is 34.3 Å². The maximum atomic E-state index is 14.2. The van der Waals surface area contributed by atoms with Gasteiger partial charge < -0.3 is 18.8 Å². The van der Waals surface area contributed by atoms with Gasteiger partial charge in [-0.15, -0.1) is 0 Å². The number of benzene rings is 2. The minimum absolute atomic E-state index is 0.00676. The number of aromatic nitrogens is 3. The van der Waals surface area contributed by atoms with Gasteiger partial charge in [0.15, 0.2) is 0 Å². The van der Waals surface area contributed by atoms with Gasteiger partial charge in [0.1, 0.15) is 29.4 Å². The number of halogens is 2. The molecule has 50 heavy (non-hydrogen) atoms. The van der Waals surface area contributed by atoms with Gasteiger partial charge in [-0.3, -0.25) is 4.57 Å². The van der Waals surface area contributed by atoms with E-state index in [9.17, 15) is 27.3 Å². The predicted octanol–water partition coefficient (Wildman–Crippen LogP) is 7.85. The Balaban J connectivity index is 2.14. The van der Waals surface area contributed by atoms with Gasteiger partial charge in [-0.05, 0) is 97.3 Å². The molecule has 2 aromatic heterocycles. The minimum Gasteiger partial charge on any atom is -0.443 e. The van der Waals surface area contributed by atoms with Crippen LogP contribution >= 0.6 is 0 Å². The normalized spacial score (nSPS) is 14.3. The van der Waals surface area contributed by atoms with Crippen molar-refractivity contribution in [3.63, 3.8) is 0 Å². The molecule has 15 heteroatoms. The summed E-state index contributed by atoms with van der Waals surface area (Å²) in [7, 11) is -5.75. The SMILES string of the molecule is Cc1cc(OC(F)F)c(C(C)(NS(=O)(=O)C(C)(C)C)c2nc3ccc(C#N)cc3n2COCC[Si](C)(C)C)c2ccn(C(=O)OC(C)(C)C)c12. The topological polar surface area (TPSA) is 137 Å². The first kappa shape index (κ1) is 39.0. The lowest BCUT2D eigenvalue weighted by Gasteiger charge is -2.36. The van der Waals surface area contributed by atoms with Crippen LogP contribution in [0.25, 0.3) is 21.9 Å². The number of hydrogen-bond donors (Lipinski definition) is 1. The average Bonchev–Trinajstić information content (AvgIpc) is 3.55. The average molecular weight is 732 g/mol. The van der Waals surface area contributed by atoms with E-state index in [0.717, 1.165) is 6.04 Å². The molecule has 0 fully saturated rings. The van der Waals surface area contributed by atoms with E-state index >= 15 is 0 Å². The summed E-state index contributed by atoms with van der Waals surface area (Å²) in [6.07, 6.45) is 0.731. The second-order valence-corrected chi connectivity index (χ2v) is 23.8. The number of nitriles is 1. The Hall–Kier alpha value is -3.84. The van der Waals surface area contributed by atoms with Crippen molar-refractivity contribution in [3.05, 3.63) is 59.0 Å². The molecular weight excluding hydrogens is 685 g/mol. The van der Waals surface area contributed by atoms with Crippen LogP contribution in [0.4, 0.5) is 13.6 Å². The van der Waals surface area contributed by atoms with Crippen LogP contribution in [0.5, 0.6) is 5.75 Å². The Morgan fingerprint density at radius 3 is 2.30 bits per heavy atom. The van der Waals surface area contributed by atoms with Gasteiger partial charge in [0, 0.05) is 31.8 Å². The molecule has 1 N–H and O–H groups in total. The molecule has 0 aliphatic heterocycles. The van der Waals surface area contributed by atoms with Crippen molar-refractivity contribution in [2.24, 2.45) is 0 Å². The van der Waals surface area contributed by atoms with Gasteiger partial charge in [0.25, 0.3) is 0 Å². The molecule has 2 heterocycles. The van der Waals surface area contributed by atoms with Crippen LogP contribution in [-0.2, 0) is 31.8 Å². The Morgan fingerprint density at radius 1 is 1.08 bits per heavy atom. The predicted molar refractivity (Wildman–Crippen MR) is 192 cm³/mol. The van der Waals surface area contributed by atoms with Gasteiger partial charge in [0.2, 0.25) is 10.0 Å². The summed E-state index contributed by atoms with van der Waals surface area (Å²) in [5, 5.41) is 9.99. The Kier molecular flexibility index (Phi) is 10.7. The second-order valence-electron chi connectivity index (χ2n) is 15.7. The lowest BCUT2D eigenvalue weighted by molar-refractivity contribution is -0.0508. The molecule has 0 bridgehead atoms. The molecule has 0 radical (unpaired) electrons. The molecule has 0 spiro atoms. The summed E-state index contributed by atoms with van der Waals surface area (Å²) in [5.74, 6) is -0.222.